The number of carbonyl (C=O) groups excluding carboxylic acids is 2. The minimum absolute atomic E-state index is 0.0192. The number of carbonyl (C=O) groups is 3. The van der Waals surface area contributed by atoms with Crippen molar-refractivity contribution in [1.82, 2.24) is 10.6 Å². The van der Waals surface area contributed by atoms with Crippen LogP contribution in [-0.2, 0) is 14.3 Å². The van der Waals surface area contributed by atoms with Gasteiger partial charge in [-0.15, -0.1) is 0 Å². The number of rotatable bonds is 9. The molecule has 3 aliphatic rings. The monoisotopic (exact) mass is 476 g/mol. The van der Waals surface area contributed by atoms with Crippen molar-refractivity contribution >= 4 is 18.0 Å². The normalized spacial score (nSPS) is 24.6. The Hall–Kier alpha value is -3.35. The SMILES string of the molecule is CC(CCNC(=O)[C@]12C[C@H](NC(=O)OCC3c4ccccc4-c4ccccc43)C[C@H]1C2)CC(=O)O. The van der Waals surface area contributed by atoms with Gasteiger partial charge in [-0.2, -0.15) is 0 Å². The van der Waals surface area contributed by atoms with Crippen LogP contribution in [0.4, 0.5) is 4.79 Å². The Morgan fingerprint density at radius 1 is 1.06 bits per heavy atom. The van der Waals surface area contributed by atoms with Gasteiger partial charge < -0.3 is 20.5 Å². The van der Waals surface area contributed by atoms with Crippen LogP contribution in [0.1, 0.15) is 56.1 Å². The van der Waals surface area contributed by atoms with Crippen molar-refractivity contribution in [2.75, 3.05) is 13.2 Å². The molecule has 5 rings (SSSR count). The van der Waals surface area contributed by atoms with Gasteiger partial charge in [0.1, 0.15) is 6.61 Å². The summed E-state index contributed by atoms with van der Waals surface area (Å²) < 4.78 is 5.67. The van der Waals surface area contributed by atoms with Crippen LogP contribution in [0, 0.1) is 17.3 Å². The van der Waals surface area contributed by atoms with Crippen LogP contribution >= 0.6 is 0 Å². The predicted octanol–water partition coefficient (Wildman–Crippen LogP) is 4.31. The molecule has 0 aliphatic heterocycles. The Labute approximate surface area is 205 Å². The lowest BCUT2D eigenvalue weighted by Crippen LogP contribution is -2.38. The molecular formula is C28H32N2O5. The van der Waals surface area contributed by atoms with Crippen molar-refractivity contribution in [2.45, 2.75) is 51.0 Å². The summed E-state index contributed by atoms with van der Waals surface area (Å²) in [5, 5.41) is 14.8. The predicted molar refractivity (Wildman–Crippen MR) is 131 cm³/mol. The number of nitrogens with one attached hydrogen (secondary N) is 2. The molecule has 0 saturated heterocycles. The number of hydrogen-bond donors (Lipinski definition) is 3. The van der Waals surface area contributed by atoms with Crippen molar-refractivity contribution in [2.24, 2.45) is 17.3 Å². The summed E-state index contributed by atoms with van der Waals surface area (Å²) in [5.74, 6) is -0.458. The number of amides is 2. The first-order valence-electron chi connectivity index (χ1n) is 12.5. The average Bonchev–Trinajstić information content (AvgIpc) is 3.25. The third-order valence-corrected chi connectivity index (χ3v) is 7.98. The molecule has 0 radical (unpaired) electrons. The summed E-state index contributed by atoms with van der Waals surface area (Å²) >= 11 is 0. The molecule has 1 unspecified atom stereocenters. The van der Waals surface area contributed by atoms with E-state index in [1.54, 1.807) is 0 Å². The van der Waals surface area contributed by atoms with Gasteiger partial charge in [0.15, 0.2) is 0 Å². The van der Waals surface area contributed by atoms with Gasteiger partial charge in [0.2, 0.25) is 5.91 Å². The van der Waals surface area contributed by atoms with E-state index in [4.69, 9.17) is 9.84 Å². The zero-order valence-electron chi connectivity index (χ0n) is 20.0. The highest BCUT2D eigenvalue weighted by atomic mass is 16.5. The Morgan fingerprint density at radius 2 is 1.71 bits per heavy atom. The molecule has 184 valence electrons. The molecule has 7 heteroatoms. The van der Waals surface area contributed by atoms with Crippen molar-refractivity contribution in [3.63, 3.8) is 0 Å². The van der Waals surface area contributed by atoms with E-state index in [0.29, 0.717) is 19.4 Å². The highest BCUT2D eigenvalue weighted by molar-refractivity contribution is 5.87. The second kappa shape index (κ2) is 9.36. The van der Waals surface area contributed by atoms with Crippen LogP contribution in [0.5, 0.6) is 0 Å². The van der Waals surface area contributed by atoms with E-state index in [1.165, 1.54) is 22.3 Å². The van der Waals surface area contributed by atoms with E-state index < -0.39 is 17.5 Å². The van der Waals surface area contributed by atoms with Gasteiger partial charge in [-0.1, -0.05) is 55.5 Å². The maximum Gasteiger partial charge on any atom is 0.407 e. The van der Waals surface area contributed by atoms with Crippen molar-refractivity contribution in [1.29, 1.82) is 0 Å². The number of fused-ring (bicyclic) bond motifs is 4. The Morgan fingerprint density at radius 3 is 2.37 bits per heavy atom. The minimum atomic E-state index is -0.817. The maximum absolute atomic E-state index is 12.8. The molecule has 2 amide bonds. The second-order valence-corrected chi connectivity index (χ2v) is 10.4. The summed E-state index contributed by atoms with van der Waals surface area (Å²) in [6, 6.07) is 16.4. The molecule has 0 bridgehead atoms. The molecule has 35 heavy (non-hydrogen) atoms. The molecule has 2 aromatic rings. The number of benzene rings is 2. The topological polar surface area (TPSA) is 105 Å². The lowest BCUT2D eigenvalue weighted by molar-refractivity contribution is -0.138. The molecule has 3 N–H and O–H groups in total. The van der Waals surface area contributed by atoms with Gasteiger partial charge in [0.05, 0.1) is 5.41 Å². The molecule has 4 atom stereocenters. The fourth-order valence-corrected chi connectivity index (χ4v) is 6.10. The maximum atomic E-state index is 12.8. The van der Waals surface area contributed by atoms with Crippen LogP contribution in [0.2, 0.25) is 0 Å². The quantitative estimate of drug-likeness (QED) is 0.500. The standard InChI is InChI=1S/C28H32N2O5/c1-17(12-25(31)32)10-11-29-26(33)28-14-18(28)13-19(15-28)30-27(34)35-16-24-22-8-4-2-6-20(22)21-7-3-5-9-23(21)24/h2-9,17-19,24H,10-16H2,1H3,(H,29,33)(H,30,34)(H,31,32)/t17?,18-,19+,28+/m0/s1. The number of ether oxygens (including phenoxy) is 1. The fourth-order valence-electron chi connectivity index (χ4n) is 6.10. The van der Waals surface area contributed by atoms with E-state index in [1.807, 2.05) is 31.2 Å². The van der Waals surface area contributed by atoms with Crippen LogP contribution in [0.15, 0.2) is 48.5 Å². The highest BCUT2D eigenvalue weighted by Gasteiger charge is 2.65. The number of carboxylic acid groups (broad SMARTS) is 1. The number of carboxylic acids is 1. The smallest absolute Gasteiger partial charge is 0.407 e. The van der Waals surface area contributed by atoms with Gasteiger partial charge in [-0.05, 0) is 59.8 Å². The zero-order valence-corrected chi connectivity index (χ0v) is 20.0. The second-order valence-electron chi connectivity index (χ2n) is 10.4. The molecule has 2 fully saturated rings. The fraction of sp³-hybridized carbons (Fsp3) is 0.464. The van der Waals surface area contributed by atoms with Gasteiger partial charge in [0.25, 0.3) is 0 Å². The lowest BCUT2D eigenvalue weighted by Gasteiger charge is -2.19. The zero-order chi connectivity index (χ0) is 24.6. The molecule has 0 aromatic heterocycles. The van der Waals surface area contributed by atoms with Gasteiger partial charge in [-0.25, -0.2) is 4.79 Å². The summed E-state index contributed by atoms with van der Waals surface area (Å²) in [5.41, 5.74) is 4.35. The largest absolute Gasteiger partial charge is 0.481 e. The molecule has 0 heterocycles. The van der Waals surface area contributed by atoms with E-state index >= 15 is 0 Å². The molecule has 2 aromatic carbocycles. The molecule has 0 spiro atoms. The van der Waals surface area contributed by atoms with Gasteiger partial charge in [0, 0.05) is 24.9 Å². The number of alkyl carbamates (subject to hydrolysis) is 1. The van der Waals surface area contributed by atoms with Crippen molar-refractivity contribution in [3.8, 4) is 11.1 Å². The van der Waals surface area contributed by atoms with E-state index in [2.05, 4.69) is 34.9 Å². The Kier molecular flexibility index (Phi) is 6.26. The van der Waals surface area contributed by atoms with Crippen LogP contribution in [-0.4, -0.2) is 42.3 Å². The summed E-state index contributed by atoms with van der Waals surface area (Å²) in [6.45, 7) is 2.63. The van der Waals surface area contributed by atoms with Crippen LogP contribution < -0.4 is 10.6 Å². The third kappa shape index (κ3) is 4.64. The first-order chi connectivity index (χ1) is 16.9. The minimum Gasteiger partial charge on any atom is -0.481 e. The summed E-state index contributed by atoms with van der Waals surface area (Å²) in [6.07, 6.45) is 2.57. The van der Waals surface area contributed by atoms with Crippen LogP contribution in [0.25, 0.3) is 11.1 Å². The van der Waals surface area contributed by atoms with E-state index in [0.717, 1.165) is 12.8 Å². The van der Waals surface area contributed by atoms with Crippen molar-refractivity contribution < 1.29 is 24.2 Å². The van der Waals surface area contributed by atoms with Gasteiger partial charge in [-0.3, -0.25) is 9.59 Å². The highest BCUT2D eigenvalue weighted by Crippen LogP contribution is 2.63. The van der Waals surface area contributed by atoms with E-state index in [-0.39, 0.29) is 42.7 Å². The molecule has 3 aliphatic carbocycles. The van der Waals surface area contributed by atoms with Gasteiger partial charge >= 0.3 is 12.1 Å². The molecule has 7 nitrogen and oxygen atoms in total. The Balaban J connectivity index is 1.10. The average molecular weight is 477 g/mol. The van der Waals surface area contributed by atoms with Crippen molar-refractivity contribution in [3.05, 3.63) is 59.7 Å². The number of aliphatic carboxylic acids is 1. The first-order valence-corrected chi connectivity index (χ1v) is 12.5. The third-order valence-electron chi connectivity index (χ3n) is 7.98. The summed E-state index contributed by atoms with van der Waals surface area (Å²) in [4.78, 5) is 36.2. The van der Waals surface area contributed by atoms with E-state index in [9.17, 15) is 14.4 Å². The lowest BCUT2D eigenvalue weighted by atomic mass is 9.98. The Bertz CT molecular complexity index is 1100. The summed E-state index contributed by atoms with van der Waals surface area (Å²) in [7, 11) is 0. The molecule has 2 saturated carbocycles. The first kappa shape index (κ1) is 23.4. The number of hydrogen-bond acceptors (Lipinski definition) is 4. The van der Waals surface area contributed by atoms with Crippen LogP contribution in [0.3, 0.4) is 0 Å². The molecular weight excluding hydrogens is 444 g/mol.